The maximum Gasteiger partial charge on any atom is 0.316 e. The van der Waals surface area contributed by atoms with E-state index >= 15 is 0 Å². The lowest BCUT2D eigenvalue weighted by Crippen LogP contribution is -2.24. The van der Waals surface area contributed by atoms with Crippen molar-refractivity contribution in [2.24, 2.45) is 0 Å². The average molecular weight is 463 g/mol. The molecule has 146 valence electrons. The Hall–Kier alpha value is -2.32. The van der Waals surface area contributed by atoms with Gasteiger partial charge in [-0.1, -0.05) is 22.0 Å². The molecule has 1 heterocycles. The Morgan fingerprint density at radius 2 is 1.96 bits per heavy atom. The number of hydrogen-bond donors (Lipinski definition) is 1. The lowest BCUT2D eigenvalue weighted by Gasteiger charge is -2.16. The highest BCUT2D eigenvalue weighted by atomic mass is 79.9. The van der Waals surface area contributed by atoms with Gasteiger partial charge in [0.05, 0.1) is 5.75 Å². The summed E-state index contributed by atoms with van der Waals surface area (Å²) in [4.78, 5) is 38.4. The Labute approximate surface area is 175 Å². The van der Waals surface area contributed by atoms with Crippen LogP contribution in [-0.2, 0) is 19.1 Å². The highest BCUT2D eigenvalue weighted by Crippen LogP contribution is 2.24. The van der Waals surface area contributed by atoms with Crippen molar-refractivity contribution in [2.75, 3.05) is 29.1 Å². The van der Waals surface area contributed by atoms with Crippen LogP contribution in [0.1, 0.15) is 12.8 Å². The lowest BCUT2D eigenvalue weighted by atomic mass is 10.2. The number of carbonyl (C=O) groups excluding carboxylic acids is 3. The van der Waals surface area contributed by atoms with Crippen LogP contribution in [0, 0.1) is 0 Å². The molecule has 0 aliphatic carbocycles. The maximum atomic E-state index is 12.0. The van der Waals surface area contributed by atoms with Gasteiger partial charge in [0, 0.05) is 33.7 Å². The second-order valence-electron chi connectivity index (χ2n) is 6.15. The van der Waals surface area contributed by atoms with E-state index in [1.807, 2.05) is 30.3 Å². The molecule has 6 nitrogen and oxygen atoms in total. The lowest BCUT2D eigenvalue weighted by molar-refractivity contribution is -0.144. The number of halogens is 1. The number of hydrogen-bond acceptors (Lipinski definition) is 5. The van der Waals surface area contributed by atoms with Gasteiger partial charge < -0.3 is 15.0 Å². The number of anilines is 2. The Balaban J connectivity index is 1.44. The molecule has 0 radical (unpaired) electrons. The van der Waals surface area contributed by atoms with Crippen LogP contribution >= 0.6 is 27.7 Å². The van der Waals surface area contributed by atoms with E-state index < -0.39 is 11.9 Å². The normalized spacial score (nSPS) is 13.5. The zero-order valence-electron chi connectivity index (χ0n) is 15.0. The molecular formula is C20H19BrN2O4S. The summed E-state index contributed by atoms with van der Waals surface area (Å²) in [6.45, 7) is 0.330. The predicted molar refractivity (Wildman–Crippen MR) is 112 cm³/mol. The summed E-state index contributed by atoms with van der Waals surface area (Å²) in [6, 6.07) is 14.7. The summed E-state index contributed by atoms with van der Waals surface area (Å²) < 4.78 is 5.99. The molecule has 0 atom stereocenters. The van der Waals surface area contributed by atoms with E-state index in [0.29, 0.717) is 18.7 Å². The zero-order chi connectivity index (χ0) is 19.9. The molecule has 2 aromatic rings. The summed E-state index contributed by atoms with van der Waals surface area (Å²) in [5.74, 6) is -0.673. The van der Waals surface area contributed by atoms with Crippen molar-refractivity contribution < 1.29 is 19.1 Å². The van der Waals surface area contributed by atoms with Gasteiger partial charge in [-0.25, -0.2) is 0 Å². The van der Waals surface area contributed by atoms with Gasteiger partial charge in [-0.3, -0.25) is 14.4 Å². The molecule has 2 amide bonds. The van der Waals surface area contributed by atoms with Crippen LogP contribution in [-0.4, -0.2) is 36.7 Å². The summed E-state index contributed by atoms with van der Waals surface area (Å²) in [7, 11) is 0. The topological polar surface area (TPSA) is 75.7 Å². The molecule has 8 heteroatoms. The highest BCUT2D eigenvalue weighted by molar-refractivity contribution is 9.10. The van der Waals surface area contributed by atoms with Crippen molar-refractivity contribution in [3.63, 3.8) is 0 Å². The third kappa shape index (κ3) is 5.84. The van der Waals surface area contributed by atoms with Crippen LogP contribution in [0.4, 0.5) is 11.4 Å². The number of rotatable bonds is 7. The molecule has 0 unspecified atom stereocenters. The Bertz CT molecular complexity index is 873. The van der Waals surface area contributed by atoms with Crippen LogP contribution in [0.5, 0.6) is 0 Å². The van der Waals surface area contributed by atoms with E-state index in [1.54, 1.807) is 23.1 Å². The first-order valence-electron chi connectivity index (χ1n) is 8.75. The second-order valence-corrected chi connectivity index (χ2v) is 8.12. The standard InChI is InChI=1S/C20H19BrN2O4S/c21-14-6-8-17(9-7-14)28-13-20(26)27-12-18(24)22-15-3-1-4-16(11-15)23-10-2-5-19(23)25/h1,3-4,6-9,11H,2,5,10,12-13H2,(H,22,24). The summed E-state index contributed by atoms with van der Waals surface area (Å²) >= 11 is 4.70. The monoisotopic (exact) mass is 462 g/mol. The van der Waals surface area contributed by atoms with Gasteiger partial charge in [0.25, 0.3) is 5.91 Å². The maximum absolute atomic E-state index is 12.0. The number of ether oxygens (including phenoxy) is 1. The fourth-order valence-electron chi connectivity index (χ4n) is 2.73. The first kappa shape index (κ1) is 20.4. The van der Waals surface area contributed by atoms with Crippen molar-refractivity contribution in [3.8, 4) is 0 Å². The van der Waals surface area contributed by atoms with Gasteiger partial charge in [0.1, 0.15) is 0 Å². The molecule has 1 aliphatic rings. The van der Waals surface area contributed by atoms with E-state index in [9.17, 15) is 14.4 Å². The molecule has 1 N–H and O–H groups in total. The number of nitrogens with zero attached hydrogens (tertiary/aromatic N) is 1. The third-order valence-electron chi connectivity index (χ3n) is 4.05. The Kier molecular flexibility index (Phi) is 7.11. The molecule has 0 saturated carbocycles. The minimum Gasteiger partial charge on any atom is -0.455 e. The fraction of sp³-hybridized carbons (Fsp3) is 0.250. The fourth-order valence-corrected chi connectivity index (χ4v) is 3.69. The smallest absolute Gasteiger partial charge is 0.316 e. The SMILES string of the molecule is O=C(COC(=O)CSc1ccc(Br)cc1)Nc1cccc(N2CCCC2=O)c1. The van der Waals surface area contributed by atoms with Gasteiger partial charge in [0.2, 0.25) is 5.91 Å². The first-order chi connectivity index (χ1) is 13.5. The van der Waals surface area contributed by atoms with Gasteiger partial charge in [-0.05, 0) is 48.9 Å². The van der Waals surface area contributed by atoms with Crippen molar-refractivity contribution in [1.82, 2.24) is 0 Å². The van der Waals surface area contributed by atoms with Crippen molar-refractivity contribution in [2.45, 2.75) is 17.7 Å². The number of esters is 1. The zero-order valence-corrected chi connectivity index (χ0v) is 17.4. The van der Waals surface area contributed by atoms with Crippen molar-refractivity contribution >= 4 is 56.9 Å². The van der Waals surface area contributed by atoms with E-state index in [1.165, 1.54) is 11.8 Å². The average Bonchev–Trinajstić information content (AvgIpc) is 3.12. The van der Waals surface area contributed by atoms with Crippen molar-refractivity contribution in [3.05, 3.63) is 53.0 Å². The summed E-state index contributed by atoms with van der Waals surface area (Å²) in [6.07, 6.45) is 1.38. The van der Waals surface area contributed by atoms with Gasteiger partial charge in [0.15, 0.2) is 6.61 Å². The van der Waals surface area contributed by atoms with E-state index in [2.05, 4.69) is 21.2 Å². The molecule has 0 spiro atoms. The number of carbonyl (C=O) groups is 3. The van der Waals surface area contributed by atoms with Gasteiger partial charge in [-0.2, -0.15) is 0 Å². The number of nitrogens with one attached hydrogen (secondary N) is 1. The quantitative estimate of drug-likeness (QED) is 0.499. The van der Waals surface area contributed by atoms with Crippen LogP contribution in [0.15, 0.2) is 57.9 Å². The molecule has 0 aromatic heterocycles. The van der Waals surface area contributed by atoms with Crippen LogP contribution in [0.2, 0.25) is 0 Å². The molecule has 28 heavy (non-hydrogen) atoms. The van der Waals surface area contributed by atoms with Crippen LogP contribution in [0.25, 0.3) is 0 Å². The highest BCUT2D eigenvalue weighted by Gasteiger charge is 2.21. The largest absolute Gasteiger partial charge is 0.455 e. The third-order valence-corrected chi connectivity index (χ3v) is 5.56. The van der Waals surface area contributed by atoms with E-state index in [4.69, 9.17) is 4.74 Å². The minimum atomic E-state index is -0.459. The molecule has 1 fully saturated rings. The molecule has 0 bridgehead atoms. The molecule has 3 rings (SSSR count). The molecule has 1 aliphatic heterocycles. The Morgan fingerprint density at radius 1 is 1.18 bits per heavy atom. The first-order valence-corrected chi connectivity index (χ1v) is 10.5. The summed E-state index contributed by atoms with van der Waals surface area (Å²) in [5.41, 5.74) is 1.31. The van der Waals surface area contributed by atoms with E-state index in [0.717, 1.165) is 21.5 Å². The number of thioether (sulfide) groups is 1. The second kappa shape index (κ2) is 9.75. The van der Waals surface area contributed by atoms with Gasteiger partial charge in [-0.15, -0.1) is 11.8 Å². The van der Waals surface area contributed by atoms with Gasteiger partial charge >= 0.3 is 5.97 Å². The summed E-state index contributed by atoms with van der Waals surface area (Å²) in [5, 5.41) is 2.69. The minimum absolute atomic E-state index is 0.0840. The molecule has 1 saturated heterocycles. The predicted octanol–water partition coefficient (Wildman–Crippen LogP) is 3.85. The number of benzene rings is 2. The number of amides is 2. The molecule has 2 aromatic carbocycles. The van der Waals surface area contributed by atoms with Crippen molar-refractivity contribution in [1.29, 1.82) is 0 Å². The van der Waals surface area contributed by atoms with Crippen LogP contribution < -0.4 is 10.2 Å². The van der Waals surface area contributed by atoms with Crippen LogP contribution in [0.3, 0.4) is 0 Å². The Morgan fingerprint density at radius 3 is 2.68 bits per heavy atom. The van der Waals surface area contributed by atoms with E-state index in [-0.39, 0.29) is 18.3 Å². The molecular weight excluding hydrogens is 444 g/mol.